The zero-order valence-electron chi connectivity index (χ0n) is 13.9. The van der Waals surface area contributed by atoms with Crippen molar-refractivity contribution >= 4 is 34.7 Å². The Morgan fingerprint density at radius 2 is 1.92 bits per heavy atom. The second-order valence-electron chi connectivity index (χ2n) is 5.45. The first-order valence-electron chi connectivity index (χ1n) is 7.91. The summed E-state index contributed by atoms with van der Waals surface area (Å²) >= 11 is 3.43. The van der Waals surface area contributed by atoms with Crippen LogP contribution in [0.25, 0.3) is 0 Å². The van der Waals surface area contributed by atoms with Crippen LogP contribution in [0.4, 0.5) is 5.69 Å². The number of hydrogen-bond acceptors (Lipinski definition) is 4. The number of methoxy groups -OCH3 is 1. The number of anilines is 1. The Hall–Kier alpha value is -2.24. The van der Waals surface area contributed by atoms with E-state index >= 15 is 0 Å². The normalized spacial score (nSPS) is 10.4. The van der Waals surface area contributed by atoms with E-state index in [0.717, 1.165) is 27.6 Å². The van der Waals surface area contributed by atoms with Crippen molar-refractivity contribution < 1.29 is 9.53 Å². The number of rotatable bonds is 7. The highest BCUT2D eigenvalue weighted by molar-refractivity contribution is 7.98. The fraction of sp³-hybridized carbons (Fsp3) is 0.150. The number of nitrogens with one attached hydrogen (secondary N) is 1. The Balaban J connectivity index is 1.66. The number of hydrogen-bond donors (Lipinski definition) is 1. The van der Waals surface area contributed by atoms with Gasteiger partial charge in [-0.3, -0.25) is 4.79 Å². The standard InChI is InChI=1S/C20H19NO2S2/c1-23-18-8-4-2-6-16(18)12-20(22)21-17-7-3-5-9-19(17)25-14-15-10-11-24-13-15/h2-11,13H,12,14H2,1H3,(H,21,22). The lowest BCUT2D eigenvalue weighted by atomic mass is 10.1. The van der Waals surface area contributed by atoms with Gasteiger partial charge < -0.3 is 10.1 Å². The molecule has 5 heteroatoms. The highest BCUT2D eigenvalue weighted by Crippen LogP contribution is 2.30. The lowest BCUT2D eigenvalue weighted by molar-refractivity contribution is -0.115. The van der Waals surface area contributed by atoms with Crippen LogP contribution < -0.4 is 10.1 Å². The highest BCUT2D eigenvalue weighted by Gasteiger charge is 2.11. The molecule has 25 heavy (non-hydrogen) atoms. The third-order valence-electron chi connectivity index (χ3n) is 3.68. The van der Waals surface area contributed by atoms with E-state index in [1.165, 1.54) is 5.56 Å². The first-order chi connectivity index (χ1) is 12.3. The summed E-state index contributed by atoms with van der Waals surface area (Å²) in [7, 11) is 1.62. The van der Waals surface area contributed by atoms with Crippen molar-refractivity contribution in [3.8, 4) is 5.75 Å². The highest BCUT2D eigenvalue weighted by atomic mass is 32.2. The molecule has 0 spiro atoms. The molecule has 3 nitrogen and oxygen atoms in total. The van der Waals surface area contributed by atoms with Gasteiger partial charge in [0.15, 0.2) is 0 Å². The van der Waals surface area contributed by atoms with Gasteiger partial charge in [-0.2, -0.15) is 11.3 Å². The van der Waals surface area contributed by atoms with Gasteiger partial charge in [0, 0.05) is 16.2 Å². The van der Waals surface area contributed by atoms with Crippen LogP contribution in [0, 0.1) is 0 Å². The molecule has 1 N–H and O–H groups in total. The smallest absolute Gasteiger partial charge is 0.228 e. The fourth-order valence-corrected chi connectivity index (χ4v) is 4.17. The van der Waals surface area contributed by atoms with E-state index < -0.39 is 0 Å². The predicted molar refractivity (Wildman–Crippen MR) is 106 cm³/mol. The number of ether oxygens (including phenoxy) is 1. The van der Waals surface area contributed by atoms with Crippen LogP contribution in [0.15, 0.2) is 70.3 Å². The molecule has 2 aromatic carbocycles. The predicted octanol–water partition coefficient (Wildman–Crippen LogP) is 5.23. The maximum absolute atomic E-state index is 12.5. The van der Waals surface area contributed by atoms with Crippen LogP contribution in [0.3, 0.4) is 0 Å². The number of carbonyl (C=O) groups is 1. The van der Waals surface area contributed by atoms with Gasteiger partial charge in [0.05, 0.1) is 19.2 Å². The van der Waals surface area contributed by atoms with Gasteiger partial charge in [0.2, 0.25) is 5.91 Å². The van der Waals surface area contributed by atoms with Crippen molar-refractivity contribution in [1.82, 2.24) is 0 Å². The molecule has 1 heterocycles. The van der Waals surface area contributed by atoms with Crippen LogP contribution in [-0.4, -0.2) is 13.0 Å². The van der Waals surface area contributed by atoms with Crippen molar-refractivity contribution in [2.24, 2.45) is 0 Å². The van der Waals surface area contributed by atoms with Gasteiger partial charge in [0.1, 0.15) is 5.75 Å². The molecule has 3 aromatic rings. The van der Waals surface area contributed by atoms with Crippen molar-refractivity contribution in [2.75, 3.05) is 12.4 Å². The summed E-state index contributed by atoms with van der Waals surface area (Å²) in [5.41, 5.74) is 3.03. The molecule has 0 bridgehead atoms. The molecule has 0 atom stereocenters. The van der Waals surface area contributed by atoms with E-state index in [4.69, 9.17) is 4.74 Å². The summed E-state index contributed by atoms with van der Waals surface area (Å²) in [5.74, 6) is 1.58. The molecule has 0 aliphatic heterocycles. The molecule has 0 radical (unpaired) electrons. The minimum Gasteiger partial charge on any atom is -0.496 e. The van der Waals surface area contributed by atoms with Gasteiger partial charge in [-0.1, -0.05) is 30.3 Å². The Bertz CT molecular complexity index is 831. The van der Waals surface area contributed by atoms with E-state index in [1.54, 1.807) is 30.2 Å². The zero-order valence-corrected chi connectivity index (χ0v) is 15.5. The number of thioether (sulfide) groups is 1. The molecular formula is C20H19NO2S2. The summed E-state index contributed by atoms with van der Waals surface area (Å²) in [6, 6.07) is 17.6. The minimum absolute atomic E-state index is 0.0481. The average molecular weight is 370 g/mol. The second kappa shape index (κ2) is 8.74. The SMILES string of the molecule is COc1ccccc1CC(=O)Nc1ccccc1SCc1ccsc1. The summed E-state index contributed by atoms with van der Waals surface area (Å²) in [6.45, 7) is 0. The monoisotopic (exact) mass is 369 g/mol. The first-order valence-corrected chi connectivity index (χ1v) is 9.84. The lowest BCUT2D eigenvalue weighted by Crippen LogP contribution is -2.15. The molecule has 1 amide bonds. The molecule has 1 aromatic heterocycles. The lowest BCUT2D eigenvalue weighted by Gasteiger charge is -2.12. The van der Waals surface area contributed by atoms with E-state index in [9.17, 15) is 4.79 Å². The van der Waals surface area contributed by atoms with Crippen molar-refractivity contribution in [1.29, 1.82) is 0 Å². The van der Waals surface area contributed by atoms with Gasteiger partial charge in [0.25, 0.3) is 0 Å². The zero-order chi connectivity index (χ0) is 17.5. The second-order valence-corrected chi connectivity index (χ2v) is 7.25. The molecule has 3 rings (SSSR count). The van der Waals surface area contributed by atoms with E-state index in [0.29, 0.717) is 0 Å². The Kier molecular flexibility index (Phi) is 6.14. The summed E-state index contributed by atoms with van der Waals surface area (Å²) in [5, 5.41) is 7.26. The quantitative estimate of drug-likeness (QED) is 0.580. The molecule has 0 fully saturated rings. The molecule has 0 saturated carbocycles. The summed E-state index contributed by atoms with van der Waals surface area (Å²) in [6.07, 6.45) is 0.285. The first kappa shape index (κ1) is 17.6. The van der Waals surface area contributed by atoms with Crippen LogP contribution in [-0.2, 0) is 17.0 Å². The molecule has 128 valence electrons. The molecular weight excluding hydrogens is 350 g/mol. The molecule has 0 aliphatic rings. The van der Waals surface area contributed by atoms with Crippen LogP contribution in [0.2, 0.25) is 0 Å². The van der Waals surface area contributed by atoms with Gasteiger partial charge >= 0.3 is 0 Å². The Morgan fingerprint density at radius 1 is 1.12 bits per heavy atom. The maximum Gasteiger partial charge on any atom is 0.228 e. The molecule has 0 unspecified atom stereocenters. The third-order valence-corrected chi connectivity index (χ3v) is 5.56. The number of thiophene rings is 1. The largest absolute Gasteiger partial charge is 0.496 e. The third kappa shape index (κ3) is 4.87. The molecule has 0 aliphatic carbocycles. The fourth-order valence-electron chi connectivity index (χ4n) is 2.45. The minimum atomic E-state index is -0.0481. The number of amides is 1. The van der Waals surface area contributed by atoms with Crippen molar-refractivity contribution in [2.45, 2.75) is 17.1 Å². The average Bonchev–Trinajstić information content (AvgIpc) is 3.15. The number of para-hydroxylation sites is 2. The van der Waals surface area contributed by atoms with Gasteiger partial charge in [-0.25, -0.2) is 0 Å². The van der Waals surface area contributed by atoms with Gasteiger partial charge in [-0.05, 0) is 40.6 Å². The van der Waals surface area contributed by atoms with Gasteiger partial charge in [-0.15, -0.1) is 11.8 Å². The van der Waals surface area contributed by atoms with Crippen LogP contribution in [0.1, 0.15) is 11.1 Å². The topological polar surface area (TPSA) is 38.3 Å². The van der Waals surface area contributed by atoms with E-state index in [1.807, 2.05) is 48.5 Å². The Morgan fingerprint density at radius 3 is 2.72 bits per heavy atom. The number of carbonyl (C=O) groups excluding carboxylic acids is 1. The van der Waals surface area contributed by atoms with Crippen molar-refractivity contribution in [3.05, 3.63) is 76.5 Å². The van der Waals surface area contributed by atoms with E-state index in [-0.39, 0.29) is 12.3 Å². The maximum atomic E-state index is 12.5. The van der Waals surface area contributed by atoms with E-state index in [2.05, 4.69) is 22.1 Å². The van der Waals surface area contributed by atoms with Crippen molar-refractivity contribution in [3.63, 3.8) is 0 Å². The Labute approximate surface area is 156 Å². The molecule has 0 saturated heterocycles. The van der Waals surface area contributed by atoms with Crippen LogP contribution in [0.5, 0.6) is 5.75 Å². The van der Waals surface area contributed by atoms with Crippen LogP contribution >= 0.6 is 23.1 Å². The summed E-state index contributed by atoms with van der Waals surface area (Å²) < 4.78 is 5.32. The summed E-state index contributed by atoms with van der Waals surface area (Å²) in [4.78, 5) is 13.5. The number of benzene rings is 2.